The zero-order chi connectivity index (χ0) is 31.3. The summed E-state index contributed by atoms with van der Waals surface area (Å²) < 4.78 is 0. The van der Waals surface area contributed by atoms with Crippen molar-refractivity contribution in [3.8, 4) is 0 Å². The number of rotatable bonds is 16. The number of aromatic amines is 1. The average molecular weight is 596 g/mol. The number of aldehydes is 1. The number of aromatic nitrogens is 1. The lowest BCUT2D eigenvalue weighted by Crippen LogP contribution is -2.55. The molecule has 3 unspecified atom stereocenters. The third-order valence-corrected chi connectivity index (χ3v) is 7.61. The number of hydrogen-bond acceptors (Lipinski definition) is 5. The summed E-state index contributed by atoms with van der Waals surface area (Å²) in [5.41, 5.74) is 3.72. The molecule has 0 radical (unpaired) electrons. The number of para-hydroxylation sites is 1. The number of benzene rings is 3. The van der Waals surface area contributed by atoms with Crippen LogP contribution in [0.2, 0.25) is 0 Å². The highest BCUT2D eigenvalue weighted by Crippen LogP contribution is 2.19. The lowest BCUT2D eigenvalue weighted by Gasteiger charge is -2.28. The van der Waals surface area contributed by atoms with Crippen LogP contribution in [0.4, 0.5) is 0 Å². The van der Waals surface area contributed by atoms with Crippen molar-refractivity contribution in [3.05, 3.63) is 108 Å². The quantitative estimate of drug-likeness (QED) is 0.148. The SMILES string of the molecule is CCCN(CC(=O)NC(Cc1ccccc1)C(=O)NC(C=O)Cc1c[nH]c2ccccc12)C(=O)C(Cc1ccccc1)NC. The lowest BCUT2D eigenvalue weighted by molar-refractivity contribution is -0.138. The van der Waals surface area contributed by atoms with E-state index in [1.165, 1.54) is 4.90 Å². The van der Waals surface area contributed by atoms with E-state index in [1.54, 1.807) is 7.05 Å². The zero-order valence-electron chi connectivity index (χ0n) is 25.3. The summed E-state index contributed by atoms with van der Waals surface area (Å²) in [4.78, 5) is 57.2. The molecule has 230 valence electrons. The monoisotopic (exact) mass is 595 g/mol. The van der Waals surface area contributed by atoms with Crippen molar-refractivity contribution in [2.75, 3.05) is 20.1 Å². The Morgan fingerprint density at radius 1 is 0.818 bits per heavy atom. The van der Waals surface area contributed by atoms with Gasteiger partial charge in [-0.15, -0.1) is 0 Å². The van der Waals surface area contributed by atoms with Crippen LogP contribution in [-0.2, 0) is 38.4 Å². The van der Waals surface area contributed by atoms with E-state index < -0.39 is 29.9 Å². The Labute approximate surface area is 258 Å². The van der Waals surface area contributed by atoms with Gasteiger partial charge in [-0.05, 0) is 42.6 Å². The maximum absolute atomic E-state index is 13.6. The molecule has 9 heteroatoms. The minimum atomic E-state index is -0.946. The van der Waals surface area contributed by atoms with Gasteiger partial charge in [0.25, 0.3) is 0 Å². The molecule has 0 saturated heterocycles. The second kappa shape index (κ2) is 16.2. The van der Waals surface area contributed by atoms with Crippen molar-refractivity contribution in [2.24, 2.45) is 0 Å². The van der Waals surface area contributed by atoms with Crippen molar-refractivity contribution in [2.45, 2.75) is 50.7 Å². The van der Waals surface area contributed by atoms with Gasteiger partial charge >= 0.3 is 0 Å². The first-order chi connectivity index (χ1) is 21.4. The first-order valence-corrected chi connectivity index (χ1v) is 15.1. The number of fused-ring (bicyclic) bond motifs is 1. The minimum Gasteiger partial charge on any atom is -0.361 e. The van der Waals surface area contributed by atoms with E-state index in [4.69, 9.17) is 0 Å². The highest BCUT2D eigenvalue weighted by atomic mass is 16.2. The molecule has 0 aliphatic carbocycles. The number of carbonyl (C=O) groups excluding carboxylic acids is 4. The second-order valence-electron chi connectivity index (χ2n) is 10.9. The number of amides is 3. The molecule has 0 bridgehead atoms. The molecule has 3 atom stereocenters. The van der Waals surface area contributed by atoms with Gasteiger partial charge in [-0.1, -0.05) is 85.8 Å². The first kappa shape index (κ1) is 32.2. The molecule has 44 heavy (non-hydrogen) atoms. The standard InChI is InChI=1S/C35H41N5O4/c1-3-18-40(35(44)32(36-2)20-26-14-8-5-9-15-26)23-33(42)39-31(19-25-12-6-4-7-13-25)34(43)38-28(24-41)21-27-22-37-30-17-11-10-16-29(27)30/h4-17,22,24,28,31-32,36-37H,3,18-21,23H2,1-2H3,(H,38,43)(H,39,42). The predicted molar refractivity (Wildman–Crippen MR) is 172 cm³/mol. The minimum absolute atomic E-state index is 0.183. The number of carbonyl (C=O) groups is 4. The Bertz CT molecular complexity index is 1520. The van der Waals surface area contributed by atoms with Crippen LogP contribution in [0.5, 0.6) is 0 Å². The van der Waals surface area contributed by atoms with Gasteiger partial charge in [0.15, 0.2) is 0 Å². The normalized spacial score (nSPS) is 13.0. The van der Waals surface area contributed by atoms with Crippen molar-refractivity contribution in [3.63, 3.8) is 0 Å². The summed E-state index contributed by atoms with van der Waals surface area (Å²) in [6, 6.07) is 24.6. The molecule has 1 aromatic heterocycles. The number of nitrogens with zero attached hydrogens (tertiary/aromatic N) is 1. The van der Waals surface area contributed by atoms with Crippen LogP contribution < -0.4 is 16.0 Å². The van der Waals surface area contributed by atoms with E-state index in [2.05, 4.69) is 20.9 Å². The maximum Gasteiger partial charge on any atom is 0.243 e. The van der Waals surface area contributed by atoms with Gasteiger partial charge in [0.1, 0.15) is 12.3 Å². The first-order valence-electron chi connectivity index (χ1n) is 15.1. The van der Waals surface area contributed by atoms with Gasteiger partial charge in [-0.25, -0.2) is 0 Å². The summed E-state index contributed by atoms with van der Waals surface area (Å²) >= 11 is 0. The van der Waals surface area contributed by atoms with Crippen LogP contribution >= 0.6 is 0 Å². The molecule has 3 amide bonds. The largest absolute Gasteiger partial charge is 0.361 e. The van der Waals surface area contributed by atoms with E-state index in [-0.39, 0.29) is 18.9 Å². The summed E-state index contributed by atoms with van der Waals surface area (Å²) in [5, 5.41) is 9.74. The fraction of sp³-hybridized carbons (Fsp3) is 0.314. The molecule has 0 aliphatic rings. The Kier molecular flexibility index (Phi) is 11.8. The molecule has 4 N–H and O–H groups in total. The van der Waals surface area contributed by atoms with Gasteiger partial charge in [0.2, 0.25) is 17.7 Å². The highest BCUT2D eigenvalue weighted by Gasteiger charge is 2.28. The Morgan fingerprint density at radius 2 is 1.43 bits per heavy atom. The van der Waals surface area contributed by atoms with Crippen molar-refractivity contribution in [1.29, 1.82) is 0 Å². The number of nitrogens with one attached hydrogen (secondary N) is 4. The smallest absolute Gasteiger partial charge is 0.243 e. The van der Waals surface area contributed by atoms with Gasteiger partial charge in [0.05, 0.1) is 18.6 Å². The van der Waals surface area contributed by atoms with Gasteiger partial charge < -0.3 is 30.6 Å². The third-order valence-electron chi connectivity index (χ3n) is 7.61. The predicted octanol–water partition coefficient (Wildman–Crippen LogP) is 3.19. The Hall–Kier alpha value is -4.76. The molecule has 1 heterocycles. The average Bonchev–Trinajstić information content (AvgIpc) is 3.46. The maximum atomic E-state index is 13.6. The molecule has 0 spiro atoms. The topological polar surface area (TPSA) is 123 Å². The second-order valence-corrected chi connectivity index (χ2v) is 10.9. The van der Waals surface area contributed by atoms with Crippen molar-refractivity contribution >= 4 is 34.9 Å². The van der Waals surface area contributed by atoms with E-state index in [9.17, 15) is 19.2 Å². The molecule has 0 fully saturated rings. The van der Waals surface area contributed by atoms with Crippen LogP contribution in [0, 0.1) is 0 Å². The number of hydrogen-bond donors (Lipinski definition) is 4. The van der Waals surface area contributed by atoms with Crippen LogP contribution in [-0.4, -0.2) is 72.2 Å². The van der Waals surface area contributed by atoms with Crippen LogP contribution in [0.1, 0.15) is 30.0 Å². The molecule has 3 aromatic carbocycles. The van der Waals surface area contributed by atoms with Gasteiger partial charge in [0, 0.05) is 36.5 Å². The fourth-order valence-corrected chi connectivity index (χ4v) is 5.35. The number of likely N-dealkylation sites (N-methyl/N-ethyl adjacent to an activating group) is 1. The van der Waals surface area contributed by atoms with Gasteiger partial charge in [-0.3, -0.25) is 14.4 Å². The Morgan fingerprint density at radius 3 is 2.05 bits per heavy atom. The van der Waals surface area contributed by atoms with Crippen molar-refractivity contribution in [1.82, 2.24) is 25.8 Å². The van der Waals surface area contributed by atoms with Crippen molar-refractivity contribution < 1.29 is 19.2 Å². The summed E-state index contributed by atoms with van der Waals surface area (Å²) in [5.74, 6) is -1.10. The van der Waals surface area contributed by atoms with Gasteiger partial charge in [-0.2, -0.15) is 0 Å². The summed E-state index contributed by atoms with van der Waals surface area (Å²) in [6.45, 7) is 2.15. The van der Waals surface area contributed by atoms with E-state index in [1.807, 2.05) is 98.0 Å². The van der Waals surface area contributed by atoms with Crippen LogP contribution in [0.15, 0.2) is 91.1 Å². The summed E-state index contributed by atoms with van der Waals surface area (Å²) in [7, 11) is 1.73. The molecule has 4 aromatic rings. The molecule has 0 aliphatic heterocycles. The highest BCUT2D eigenvalue weighted by molar-refractivity contribution is 5.92. The third kappa shape index (κ3) is 8.87. The lowest BCUT2D eigenvalue weighted by atomic mass is 10.0. The van der Waals surface area contributed by atoms with E-state index in [0.29, 0.717) is 32.1 Å². The molecule has 4 rings (SSSR count). The van der Waals surface area contributed by atoms with Crippen LogP contribution in [0.25, 0.3) is 10.9 Å². The van der Waals surface area contributed by atoms with E-state index in [0.717, 1.165) is 27.6 Å². The zero-order valence-corrected chi connectivity index (χ0v) is 25.3. The Balaban J connectivity index is 1.46. The number of H-pyrrole nitrogens is 1. The molecular weight excluding hydrogens is 554 g/mol. The molecular formula is C35H41N5O4. The summed E-state index contributed by atoms with van der Waals surface area (Å²) in [6.07, 6.45) is 4.24. The van der Waals surface area contributed by atoms with Crippen LogP contribution in [0.3, 0.4) is 0 Å². The molecule has 9 nitrogen and oxygen atoms in total. The molecule has 0 saturated carbocycles. The fourth-order valence-electron chi connectivity index (χ4n) is 5.35. The van der Waals surface area contributed by atoms with E-state index >= 15 is 0 Å².